The number of nitrogens with zero attached hydrogens (tertiary/aromatic N) is 2. The number of hydrogen-bond donors (Lipinski definition) is 1. The minimum absolute atomic E-state index is 0.467. The number of nitrogens with two attached hydrogens (primary N) is 1. The zero-order valence-electron chi connectivity index (χ0n) is 10.7. The van der Waals surface area contributed by atoms with Crippen LogP contribution in [-0.2, 0) is 5.54 Å². The average Bonchev–Trinajstić information content (AvgIpc) is 2.83. The van der Waals surface area contributed by atoms with Crippen molar-refractivity contribution in [2.24, 2.45) is 5.73 Å². The maximum absolute atomic E-state index is 6.08. The zero-order valence-corrected chi connectivity index (χ0v) is 11.5. The van der Waals surface area contributed by atoms with Gasteiger partial charge in [0.25, 0.3) is 5.89 Å². The van der Waals surface area contributed by atoms with Crippen LogP contribution in [0.2, 0.25) is 5.02 Å². The maximum atomic E-state index is 6.08. The third kappa shape index (κ3) is 2.40. The molecular formula is C13H16ClN3O. The van der Waals surface area contributed by atoms with E-state index in [2.05, 4.69) is 10.1 Å². The molecule has 1 unspecified atom stereocenters. The topological polar surface area (TPSA) is 64.9 Å². The highest BCUT2D eigenvalue weighted by Gasteiger charge is 2.25. The first-order valence-corrected chi connectivity index (χ1v) is 6.21. The standard InChI is InChI=1S/C13H16ClN3O/c1-4-13(3,15)12-16-11(18-17-12)9-5-6-10(14)8(2)7-9/h5-7H,4,15H2,1-3H3. The van der Waals surface area contributed by atoms with Gasteiger partial charge in [-0.1, -0.05) is 23.7 Å². The van der Waals surface area contributed by atoms with Gasteiger partial charge in [0, 0.05) is 10.6 Å². The molecule has 96 valence electrons. The van der Waals surface area contributed by atoms with Crippen molar-refractivity contribution in [3.63, 3.8) is 0 Å². The molecule has 2 N–H and O–H groups in total. The molecule has 0 aliphatic rings. The van der Waals surface area contributed by atoms with E-state index in [0.29, 0.717) is 11.7 Å². The van der Waals surface area contributed by atoms with Crippen molar-refractivity contribution >= 4 is 11.6 Å². The van der Waals surface area contributed by atoms with Gasteiger partial charge in [0.05, 0.1) is 5.54 Å². The quantitative estimate of drug-likeness (QED) is 0.925. The van der Waals surface area contributed by atoms with Gasteiger partial charge in [-0.15, -0.1) is 0 Å². The predicted molar refractivity (Wildman–Crippen MR) is 71.3 cm³/mol. The summed E-state index contributed by atoms with van der Waals surface area (Å²) in [6, 6.07) is 5.59. The van der Waals surface area contributed by atoms with E-state index in [9.17, 15) is 0 Å². The fourth-order valence-corrected chi connectivity index (χ4v) is 1.63. The highest BCUT2D eigenvalue weighted by Crippen LogP contribution is 2.26. The Hall–Kier alpha value is -1.39. The van der Waals surface area contributed by atoms with Crippen LogP contribution in [0.3, 0.4) is 0 Å². The molecule has 0 aliphatic carbocycles. The summed E-state index contributed by atoms with van der Waals surface area (Å²) in [5, 5.41) is 4.66. The van der Waals surface area contributed by atoms with Gasteiger partial charge in [0.2, 0.25) is 0 Å². The van der Waals surface area contributed by atoms with Crippen molar-refractivity contribution in [3.05, 3.63) is 34.6 Å². The fourth-order valence-electron chi connectivity index (χ4n) is 1.51. The molecule has 2 rings (SSSR count). The molecule has 0 radical (unpaired) electrons. The SMILES string of the molecule is CCC(C)(N)c1noc(-c2ccc(Cl)c(C)c2)n1. The molecule has 0 amide bonds. The van der Waals surface area contributed by atoms with Gasteiger partial charge in [-0.3, -0.25) is 0 Å². The van der Waals surface area contributed by atoms with Gasteiger partial charge < -0.3 is 10.3 Å². The summed E-state index contributed by atoms with van der Waals surface area (Å²) in [4.78, 5) is 4.35. The summed E-state index contributed by atoms with van der Waals surface area (Å²) in [5.74, 6) is 0.988. The second-order valence-corrected chi connectivity index (χ2v) is 5.07. The second-order valence-electron chi connectivity index (χ2n) is 4.66. The third-order valence-electron chi connectivity index (χ3n) is 3.08. The Kier molecular flexibility index (Phi) is 3.41. The van der Waals surface area contributed by atoms with Gasteiger partial charge in [0.1, 0.15) is 0 Å². The number of benzene rings is 1. The van der Waals surface area contributed by atoms with E-state index < -0.39 is 5.54 Å². The summed E-state index contributed by atoms with van der Waals surface area (Å²) < 4.78 is 5.25. The van der Waals surface area contributed by atoms with Crippen LogP contribution >= 0.6 is 11.6 Å². The van der Waals surface area contributed by atoms with Crippen LogP contribution in [-0.4, -0.2) is 10.1 Å². The van der Waals surface area contributed by atoms with E-state index >= 15 is 0 Å². The monoisotopic (exact) mass is 265 g/mol. The molecule has 1 atom stereocenters. The predicted octanol–water partition coefficient (Wildman–Crippen LogP) is 3.28. The Morgan fingerprint density at radius 3 is 2.78 bits per heavy atom. The molecule has 18 heavy (non-hydrogen) atoms. The lowest BCUT2D eigenvalue weighted by Crippen LogP contribution is -2.33. The van der Waals surface area contributed by atoms with Gasteiger partial charge >= 0.3 is 0 Å². The van der Waals surface area contributed by atoms with E-state index in [-0.39, 0.29) is 0 Å². The Bertz CT molecular complexity index is 563. The van der Waals surface area contributed by atoms with Crippen molar-refractivity contribution in [2.75, 3.05) is 0 Å². The highest BCUT2D eigenvalue weighted by molar-refractivity contribution is 6.31. The Labute approximate surface area is 111 Å². The molecular weight excluding hydrogens is 250 g/mol. The van der Waals surface area contributed by atoms with Crippen LogP contribution in [0.4, 0.5) is 0 Å². The van der Waals surface area contributed by atoms with E-state index in [1.807, 2.05) is 39.0 Å². The van der Waals surface area contributed by atoms with E-state index in [4.69, 9.17) is 21.9 Å². The number of hydrogen-bond acceptors (Lipinski definition) is 4. The molecule has 1 aromatic heterocycles. The van der Waals surface area contributed by atoms with E-state index in [1.54, 1.807) is 0 Å². The molecule has 2 aromatic rings. The molecule has 0 spiro atoms. The lowest BCUT2D eigenvalue weighted by molar-refractivity contribution is 0.379. The van der Waals surface area contributed by atoms with Gasteiger partial charge in [0.15, 0.2) is 5.82 Å². The lowest BCUT2D eigenvalue weighted by Gasteiger charge is -2.16. The minimum Gasteiger partial charge on any atom is -0.334 e. The molecule has 1 aromatic carbocycles. The number of aryl methyl sites for hydroxylation is 1. The minimum atomic E-state index is -0.566. The smallest absolute Gasteiger partial charge is 0.258 e. The van der Waals surface area contributed by atoms with Crippen LogP contribution < -0.4 is 5.73 Å². The molecule has 0 saturated carbocycles. The molecule has 5 heteroatoms. The summed E-state index contributed by atoms with van der Waals surface area (Å²) >= 11 is 5.98. The molecule has 4 nitrogen and oxygen atoms in total. The molecule has 0 saturated heterocycles. The first-order chi connectivity index (χ1) is 8.44. The molecule has 0 bridgehead atoms. The highest BCUT2D eigenvalue weighted by atomic mass is 35.5. The summed E-state index contributed by atoms with van der Waals surface area (Å²) in [6.07, 6.45) is 0.742. The van der Waals surface area contributed by atoms with Crippen LogP contribution in [0.25, 0.3) is 11.5 Å². The third-order valence-corrected chi connectivity index (χ3v) is 3.50. The number of rotatable bonds is 3. The Morgan fingerprint density at radius 2 is 2.17 bits per heavy atom. The fraction of sp³-hybridized carbons (Fsp3) is 0.385. The summed E-state index contributed by atoms with van der Waals surface area (Å²) in [7, 11) is 0. The molecule has 0 aliphatic heterocycles. The molecule has 1 heterocycles. The zero-order chi connectivity index (χ0) is 13.3. The molecule has 0 fully saturated rings. The van der Waals surface area contributed by atoms with Gasteiger partial charge in [-0.05, 0) is 44.0 Å². The van der Waals surface area contributed by atoms with Gasteiger partial charge in [-0.2, -0.15) is 4.98 Å². The normalized spacial score (nSPS) is 14.5. The first kappa shape index (κ1) is 13.1. The Balaban J connectivity index is 2.38. The second kappa shape index (κ2) is 4.71. The Morgan fingerprint density at radius 1 is 1.44 bits per heavy atom. The maximum Gasteiger partial charge on any atom is 0.258 e. The van der Waals surface area contributed by atoms with Crippen LogP contribution in [0.5, 0.6) is 0 Å². The lowest BCUT2D eigenvalue weighted by atomic mass is 10.00. The van der Waals surface area contributed by atoms with E-state index in [0.717, 1.165) is 22.6 Å². The number of halogens is 1. The van der Waals surface area contributed by atoms with Crippen LogP contribution in [0.1, 0.15) is 31.7 Å². The summed E-state index contributed by atoms with van der Waals surface area (Å²) in [6.45, 7) is 5.80. The van der Waals surface area contributed by atoms with Crippen molar-refractivity contribution in [3.8, 4) is 11.5 Å². The summed E-state index contributed by atoms with van der Waals surface area (Å²) in [5.41, 5.74) is 7.33. The van der Waals surface area contributed by atoms with Crippen molar-refractivity contribution in [2.45, 2.75) is 32.7 Å². The average molecular weight is 266 g/mol. The van der Waals surface area contributed by atoms with Crippen molar-refractivity contribution in [1.82, 2.24) is 10.1 Å². The van der Waals surface area contributed by atoms with Crippen molar-refractivity contribution < 1.29 is 4.52 Å². The van der Waals surface area contributed by atoms with Crippen LogP contribution in [0.15, 0.2) is 22.7 Å². The first-order valence-electron chi connectivity index (χ1n) is 5.83. The largest absolute Gasteiger partial charge is 0.334 e. The van der Waals surface area contributed by atoms with Gasteiger partial charge in [-0.25, -0.2) is 0 Å². The van der Waals surface area contributed by atoms with Crippen LogP contribution in [0, 0.1) is 6.92 Å². The van der Waals surface area contributed by atoms with Crippen molar-refractivity contribution in [1.29, 1.82) is 0 Å². The van der Waals surface area contributed by atoms with E-state index in [1.165, 1.54) is 0 Å². The number of aromatic nitrogens is 2.